The van der Waals surface area contributed by atoms with Crippen molar-refractivity contribution in [1.82, 2.24) is 0 Å². The number of halogens is 1. The van der Waals surface area contributed by atoms with E-state index in [0.29, 0.717) is 5.92 Å². The van der Waals surface area contributed by atoms with Crippen molar-refractivity contribution in [2.75, 3.05) is 0 Å². The van der Waals surface area contributed by atoms with Crippen LogP contribution >= 0.6 is 0 Å². The molecule has 1 heteroatoms. The second kappa shape index (κ2) is 5.89. The van der Waals surface area contributed by atoms with Gasteiger partial charge in [0.05, 0.1) is 0 Å². The number of benzene rings is 1. The van der Waals surface area contributed by atoms with E-state index < -0.39 is 0 Å². The summed E-state index contributed by atoms with van der Waals surface area (Å²) >= 11 is 0. The van der Waals surface area contributed by atoms with Crippen molar-refractivity contribution in [3.8, 4) is 0 Å². The lowest BCUT2D eigenvalue weighted by atomic mass is 9.93. The molecule has 1 rings (SSSR count). The highest BCUT2D eigenvalue weighted by Crippen LogP contribution is 2.23. The van der Waals surface area contributed by atoms with E-state index in [4.69, 9.17) is 0 Å². The van der Waals surface area contributed by atoms with Crippen molar-refractivity contribution in [3.63, 3.8) is 0 Å². The van der Waals surface area contributed by atoms with Crippen molar-refractivity contribution in [3.05, 3.63) is 41.6 Å². The van der Waals surface area contributed by atoms with Crippen LogP contribution in [-0.2, 0) is 6.42 Å². The third kappa shape index (κ3) is 3.33. The van der Waals surface area contributed by atoms with Crippen LogP contribution in [0, 0.1) is 12.2 Å². The fourth-order valence-corrected chi connectivity index (χ4v) is 1.86. The Kier molecular flexibility index (Phi) is 4.80. The van der Waals surface area contributed by atoms with Crippen LogP contribution < -0.4 is 0 Å². The average Bonchev–Trinajstić information content (AvgIpc) is 2.20. The molecule has 0 N–H and O–H groups in total. The van der Waals surface area contributed by atoms with Crippen molar-refractivity contribution < 1.29 is 4.39 Å². The molecule has 0 spiro atoms. The number of rotatable bonds is 5. The van der Waals surface area contributed by atoms with Gasteiger partial charge in [0.2, 0.25) is 0 Å². The highest BCUT2D eigenvalue weighted by molar-refractivity contribution is 5.31. The first-order chi connectivity index (χ1) is 7.16. The Hall–Kier alpha value is -0.850. The van der Waals surface area contributed by atoms with Gasteiger partial charge in [-0.25, -0.2) is 4.39 Å². The van der Waals surface area contributed by atoms with Crippen molar-refractivity contribution in [2.24, 2.45) is 0 Å². The molecule has 0 saturated carbocycles. The molecule has 0 aliphatic heterocycles. The summed E-state index contributed by atoms with van der Waals surface area (Å²) in [6, 6.07) is 5.41. The summed E-state index contributed by atoms with van der Waals surface area (Å²) in [6.45, 7) is 6.28. The molecular formula is C14H20F. The highest BCUT2D eigenvalue weighted by atomic mass is 19.1. The molecule has 1 aromatic carbocycles. The minimum Gasteiger partial charge on any atom is -0.207 e. The maximum Gasteiger partial charge on any atom is 0.126 e. The molecule has 0 atom stereocenters. The van der Waals surface area contributed by atoms with E-state index >= 15 is 0 Å². The Bertz CT molecular complexity index is 302. The van der Waals surface area contributed by atoms with Crippen LogP contribution in [0.2, 0.25) is 0 Å². The number of unbranched alkanes of at least 4 members (excludes halogenated alkanes) is 2. The Morgan fingerprint density at radius 1 is 1.33 bits per heavy atom. The highest BCUT2D eigenvalue weighted by Gasteiger charge is 2.10. The van der Waals surface area contributed by atoms with Crippen LogP contribution in [0.15, 0.2) is 18.2 Å². The first-order valence-electron chi connectivity index (χ1n) is 5.72. The monoisotopic (exact) mass is 207 g/mol. The van der Waals surface area contributed by atoms with E-state index in [-0.39, 0.29) is 5.82 Å². The Labute approximate surface area is 92.5 Å². The molecule has 0 amide bonds. The zero-order valence-electron chi connectivity index (χ0n) is 9.89. The smallest absolute Gasteiger partial charge is 0.126 e. The first kappa shape index (κ1) is 12.2. The first-order valence-corrected chi connectivity index (χ1v) is 5.72. The van der Waals surface area contributed by atoms with E-state index in [2.05, 4.69) is 20.3 Å². The van der Waals surface area contributed by atoms with Crippen molar-refractivity contribution in [1.29, 1.82) is 0 Å². The van der Waals surface area contributed by atoms with Crippen LogP contribution in [0.3, 0.4) is 0 Å². The maximum absolute atomic E-state index is 13.6. The van der Waals surface area contributed by atoms with Gasteiger partial charge in [0.25, 0.3) is 0 Å². The molecule has 0 bridgehead atoms. The molecule has 0 fully saturated rings. The van der Waals surface area contributed by atoms with E-state index in [1.165, 1.54) is 0 Å². The Morgan fingerprint density at radius 2 is 2.07 bits per heavy atom. The van der Waals surface area contributed by atoms with E-state index in [0.717, 1.165) is 30.4 Å². The molecule has 0 aliphatic rings. The molecule has 15 heavy (non-hydrogen) atoms. The van der Waals surface area contributed by atoms with Crippen LogP contribution in [0.5, 0.6) is 0 Å². The van der Waals surface area contributed by atoms with Gasteiger partial charge >= 0.3 is 0 Å². The van der Waals surface area contributed by atoms with Gasteiger partial charge in [-0.3, -0.25) is 0 Å². The zero-order valence-corrected chi connectivity index (χ0v) is 9.89. The van der Waals surface area contributed by atoms with Crippen molar-refractivity contribution >= 4 is 0 Å². The lowest BCUT2D eigenvalue weighted by Crippen LogP contribution is -2.00. The molecule has 1 radical (unpaired) electrons. The van der Waals surface area contributed by atoms with Gasteiger partial charge in [-0.2, -0.15) is 0 Å². The topological polar surface area (TPSA) is 0 Å². The molecule has 0 nitrogen and oxygen atoms in total. The van der Waals surface area contributed by atoms with E-state index in [9.17, 15) is 4.39 Å². The van der Waals surface area contributed by atoms with E-state index in [1.54, 1.807) is 12.1 Å². The third-order valence-corrected chi connectivity index (χ3v) is 2.70. The summed E-state index contributed by atoms with van der Waals surface area (Å²) < 4.78 is 13.6. The fraction of sp³-hybridized carbons (Fsp3) is 0.500. The van der Waals surface area contributed by atoms with Gasteiger partial charge < -0.3 is 0 Å². The van der Waals surface area contributed by atoms with Gasteiger partial charge in [-0.15, -0.1) is 0 Å². The summed E-state index contributed by atoms with van der Waals surface area (Å²) in [4.78, 5) is 0. The molecular weight excluding hydrogens is 187 g/mol. The molecule has 0 saturated heterocycles. The van der Waals surface area contributed by atoms with Gasteiger partial charge in [0.15, 0.2) is 0 Å². The van der Waals surface area contributed by atoms with E-state index in [1.807, 2.05) is 13.0 Å². The summed E-state index contributed by atoms with van der Waals surface area (Å²) in [5.74, 6) is 0.360. The normalized spacial score (nSPS) is 11.0. The quantitative estimate of drug-likeness (QED) is 0.624. The number of hydrogen-bond donors (Lipinski definition) is 0. The fourth-order valence-electron chi connectivity index (χ4n) is 1.86. The summed E-state index contributed by atoms with van der Waals surface area (Å²) in [5, 5.41) is 0. The SMILES string of the molecule is C[CH]CCCc1c(F)cccc1C(C)C. The van der Waals surface area contributed by atoms with Gasteiger partial charge in [0.1, 0.15) is 5.82 Å². The molecule has 1 aromatic rings. The minimum absolute atomic E-state index is 0.0442. The van der Waals surface area contributed by atoms with Gasteiger partial charge in [-0.1, -0.05) is 39.3 Å². The predicted molar refractivity (Wildman–Crippen MR) is 63.4 cm³/mol. The van der Waals surface area contributed by atoms with Gasteiger partial charge in [0, 0.05) is 0 Å². The second-order valence-corrected chi connectivity index (χ2v) is 4.26. The predicted octanol–water partition coefficient (Wildman–Crippen LogP) is 4.50. The molecule has 0 aliphatic carbocycles. The van der Waals surface area contributed by atoms with Crippen LogP contribution in [0.1, 0.15) is 50.7 Å². The lowest BCUT2D eigenvalue weighted by molar-refractivity contribution is 0.596. The van der Waals surface area contributed by atoms with Crippen LogP contribution in [0.4, 0.5) is 4.39 Å². The summed E-state index contributed by atoms with van der Waals surface area (Å²) in [5.41, 5.74) is 2.07. The standard InChI is InChI=1S/C14H20F/c1-4-5-6-8-13-12(11(2)3)9-7-10-14(13)15/h4,7,9-11H,5-6,8H2,1-3H3. The second-order valence-electron chi connectivity index (χ2n) is 4.26. The summed E-state index contributed by atoms with van der Waals surface area (Å²) in [7, 11) is 0. The molecule has 0 aromatic heterocycles. The van der Waals surface area contributed by atoms with Crippen LogP contribution in [-0.4, -0.2) is 0 Å². The maximum atomic E-state index is 13.6. The third-order valence-electron chi connectivity index (χ3n) is 2.70. The van der Waals surface area contributed by atoms with Crippen LogP contribution in [0.25, 0.3) is 0 Å². The molecule has 83 valence electrons. The van der Waals surface area contributed by atoms with Crippen molar-refractivity contribution in [2.45, 2.75) is 46.0 Å². The summed E-state index contributed by atoms with van der Waals surface area (Å²) in [6.07, 6.45) is 5.09. The average molecular weight is 207 g/mol. The zero-order chi connectivity index (χ0) is 11.3. The molecule has 0 unspecified atom stereocenters. The number of hydrogen-bond acceptors (Lipinski definition) is 0. The molecule has 0 heterocycles. The minimum atomic E-state index is -0.0442. The largest absolute Gasteiger partial charge is 0.207 e. The Morgan fingerprint density at radius 3 is 2.67 bits per heavy atom. The lowest BCUT2D eigenvalue weighted by Gasteiger charge is -2.13. The Balaban J connectivity index is 2.82. The van der Waals surface area contributed by atoms with Gasteiger partial charge in [-0.05, 0) is 42.4 Å².